The van der Waals surface area contributed by atoms with Gasteiger partial charge in [0.15, 0.2) is 0 Å². The Balaban J connectivity index is 2.12. The van der Waals surface area contributed by atoms with Crippen LogP contribution >= 0.6 is 0 Å². The molecule has 0 aliphatic heterocycles. The predicted octanol–water partition coefficient (Wildman–Crippen LogP) is 2.94. The zero-order valence-electron chi connectivity index (χ0n) is 10.7. The second-order valence-electron chi connectivity index (χ2n) is 5.59. The van der Waals surface area contributed by atoms with Gasteiger partial charge in [0.05, 0.1) is 7.11 Å². The van der Waals surface area contributed by atoms with Crippen LogP contribution < -0.4 is 10.1 Å². The highest BCUT2D eigenvalue weighted by molar-refractivity contribution is 5.43. The molecule has 0 amide bonds. The first kappa shape index (κ1) is 11.2. The number of anilines is 1. The number of ether oxygens (including phenoxy) is 1. The van der Waals surface area contributed by atoms with Gasteiger partial charge in [-0.2, -0.15) is 4.98 Å². The molecule has 88 valence electrons. The molecule has 0 unspecified atom stereocenters. The zero-order valence-corrected chi connectivity index (χ0v) is 10.7. The summed E-state index contributed by atoms with van der Waals surface area (Å²) in [5.41, 5.74) is 0.634. The predicted molar refractivity (Wildman–Crippen MR) is 65.8 cm³/mol. The van der Waals surface area contributed by atoms with Crippen molar-refractivity contribution in [2.75, 3.05) is 12.4 Å². The van der Waals surface area contributed by atoms with Gasteiger partial charge in [0, 0.05) is 12.1 Å². The second kappa shape index (κ2) is 3.37. The molecular weight excluding hydrogens is 200 g/mol. The van der Waals surface area contributed by atoms with Crippen molar-refractivity contribution in [3.8, 4) is 5.88 Å². The molecule has 1 aromatic rings. The third-order valence-electron chi connectivity index (χ3n) is 4.25. The van der Waals surface area contributed by atoms with Crippen LogP contribution in [-0.2, 0) is 0 Å². The first-order valence-electron chi connectivity index (χ1n) is 5.67. The molecule has 1 fully saturated rings. The molecule has 0 saturated heterocycles. The molecule has 1 N–H and O–H groups in total. The summed E-state index contributed by atoms with van der Waals surface area (Å²) in [4.78, 5) is 4.37. The van der Waals surface area contributed by atoms with Gasteiger partial charge in [-0.05, 0) is 16.9 Å². The maximum atomic E-state index is 5.11. The van der Waals surface area contributed by atoms with Crippen molar-refractivity contribution < 1.29 is 4.74 Å². The Kier molecular flexibility index (Phi) is 2.37. The van der Waals surface area contributed by atoms with Gasteiger partial charge in [-0.15, -0.1) is 0 Å². The van der Waals surface area contributed by atoms with Crippen LogP contribution in [0.4, 0.5) is 5.82 Å². The number of aromatic nitrogens is 1. The van der Waals surface area contributed by atoms with Crippen molar-refractivity contribution in [2.24, 2.45) is 10.8 Å². The van der Waals surface area contributed by atoms with Gasteiger partial charge in [0.2, 0.25) is 5.88 Å². The van der Waals surface area contributed by atoms with Gasteiger partial charge in [-0.25, -0.2) is 0 Å². The van der Waals surface area contributed by atoms with E-state index in [4.69, 9.17) is 4.74 Å². The molecule has 0 atom stereocenters. The summed E-state index contributed by atoms with van der Waals surface area (Å²) in [5.74, 6) is 1.55. The van der Waals surface area contributed by atoms with E-state index in [1.165, 1.54) is 0 Å². The number of nitrogens with zero attached hydrogens (tertiary/aromatic N) is 1. The van der Waals surface area contributed by atoms with E-state index in [-0.39, 0.29) is 0 Å². The van der Waals surface area contributed by atoms with Gasteiger partial charge < -0.3 is 10.1 Å². The number of hydrogen-bond donors (Lipinski definition) is 1. The van der Waals surface area contributed by atoms with E-state index in [2.05, 4.69) is 38.0 Å². The van der Waals surface area contributed by atoms with E-state index in [1.807, 2.05) is 18.2 Å². The molecule has 3 heteroatoms. The Hall–Kier alpha value is -1.25. The summed E-state index contributed by atoms with van der Waals surface area (Å²) in [6.07, 6.45) is 0. The van der Waals surface area contributed by atoms with Crippen molar-refractivity contribution in [3.05, 3.63) is 18.2 Å². The fourth-order valence-electron chi connectivity index (χ4n) is 2.31. The highest BCUT2D eigenvalue weighted by Gasteiger charge is 2.65. The maximum Gasteiger partial charge on any atom is 0.214 e. The first-order chi connectivity index (χ1) is 7.39. The zero-order chi connectivity index (χ0) is 12.0. The topological polar surface area (TPSA) is 34.1 Å². The van der Waals surface area contributed by atoms with E-state index in [9.17, 15) is 0 Å². The van der Waals surface area contributed by atoms with Crippen LogP contribution in [0.1, 0.15) is 27.7 Å². The monoisotopic (exact) mass is 220 g/mol. The molecule has 1 aliphatic rings. The van der Waals surface area contributed by atoms with Gasteiger partial charge in [0.25, 0.3) is 0 Å². The number of methoxy groups -OCH3 is 1. The highest BCUT2D eigenvalue weighted by atomic mass is 16.5. The minimum absolute atomic E-state index is 0.317. The first-order valence-corrected chi connectivity index (χ1v) is 5.67. The molecule has 0 bridgehead atoms. The molecule has 0 spiro atoms. The van der Waals surface area contributed by atoms with Gasteiger partial charge in [-0.3, -0.25) is 0 Å². The van der Waals surface area contributed by atoms with Crippen LogP contribution in [0.25, 0.3) is 0 Å². The van der Waals surface area contributed by atoms with Crippen LogP contribution in [0, 0.1) is 10.8 Å². The van der Waals surface area contributed by atoms with E-state index >= 15 is 0 Å². The van der Waals surface area contributed by atoms with Crippen molar-refractivity contribution in [1.82, 2.24) is 4.98 Å². The number of pyridine rings is 1. The number of nitrogens with one attached hydrogen (secondary N) is 1. The Labute approximate surface area is 97.2 Å². The molecule has 1 saturated carbocycles. The summed E-state index contributed by atoms with van der Waals surface area (Å²) in [6, 6.07) is 6.26. The molecule has 0 aromatic carbocycles. The average molecular weight is 220 g/mol. The Morgan fingerprint density at radius 3 is 2.31 bits per heavy atom. The van der Waals surface area contributed by atoms with E-state index < -0.39 is 0 Å². The van der Waals surface area contributed by atoms with Gasteiger partial charge in [0.1, 0.15) is 5.82 Å². The normalized spacial score (nSPS) is 21.6. The van der Waals surface area contributed by atoms with Gasteiger partial charge >= 0.3 is 0 Å². The summed E-state index contributed by atoms with van der Waals surface area (Å²) in [6.45, 7) is 9.13. The molecule has 1 aliphatic carbocycles. The number of rotatable bonds is 3. The van der Waals surface area contributed by atoms with Crippen molar-refractivity contribution in [3.63, 3.8) is 0 Å². The maximum absolute atomic E-state index is 5.11. The smallest absolute Gasteiger partial charge is 0.214 e. The Morgan fingerprint density at radius 2 is 1.81 bits per heavy atom. The highest BCUT2D eigenvalue weighted by Crippen LogP contribution is 2.63. The lowest BCUT2D eigenvalue weighted by atomic mass is 10.0. The van der Waals surface area contributed by atoms with Crippen LogP contribution in [0.3, 0.4) is 0 Å². The molecule has 2 rings (SSSR count). The summed E-state index contributed by atoms with van der Waals surface area (Å²) >= 11 is 0. The van der Waals surface area contributed by atoms with E-state index in [1.54, 1.807) is 7.11 Å². The summed E-state index contributed by atoms with van der Waals surface area (Å²) in [5, 5.41) is 3.48. The number of hydrogen-bond acceptors (Lipinski definition) is 3. The minimum Gasteiger partial charge on any atom is -0.481 e. The third-order valence-corrected chi connectivity index (χ3v) is 4.25. The van der Waals surface area contributed by atoms with Gasteiger partial charge in [-0.1, -0.05) is 33.8 Å². The fraction of sp³-hybridized carbons (Fsp3) is 0.615. The van der Waals surface area contributed by atoms with Crippen molar-refractivity contribution >= 4 is 5.82 Å². The SMILES string of the molecule is COc1cccc(NC2C(C)(C)C2(C)C)n1. The summed E-state index contributed by atoms with van der Waals surface area (Å²) in [7, 11) is 1.64. The van der Waals surface area contributed by atoms with Crippen LogP contribution in [0.2, 0.25) is 0 Å². The largest absolute Gasteiger partial charge is 0.481 e. The standard InChI is InChI=1S/C13H20N2O/c1-12(2)11(13(12,3)4)15-9-7-6-8-10(14-9)16-5/h6-8,11H,1-5H3,(H,14,15). The molecule has 16 heavy (non-hydrogen) atoms. The fourth-order valence-corrected chi connectivity index (χ4v) is 2.31. The van der Waals surface area contributed by atoms with E-state index in [0.29, 0.717) is 22.8 Å². The molecule has 1 aromatic heterocycles. The lowest BCUT2D eigenvalue weighted by Crippen LogP contribution is -2.11. The van der Waals surface area contributed by atoms with Crippen molar-refractivity contribution in [2.45, 2.75) is 33.7 Å². The average Bonchev–Trinajstić information content (AvgIpc) is 2.61. The lowest BCUT2D eigenvalue weighted by Gasteiger charge is -2.08. The van der Waals surface area contributed by atoms with E-state index in [0.717, 1.165) is 5.82 Å². The second-order valence-corrected chi connectivity index (χ2v) is 5.59. The minimum atomic E-state index is 0.317. The Morgan fingerprint density at radius 1 is 1.19 bits per heavy atom. The van der Waals surface area contributed by atoms with Crippen LogP contribution in [-0.4, -0.2) is 18.1 Å². The summed E-state index contributed by atoms with van der Waals surface area (Å²) < 4.78 is 5.11. The quantitative estimate of drug-likeness (QED) is 0.850. The molecule has 3 nitrogen and oxygen atoms in total. The molecule has 0 radical (unpaired) electrons. The lowest BCUT2D eigenvalue weighted by molar-refractivity contribution is 0.398. The van der Waals surface area contributed by atoms with Crippen molar-refractivity contribution in [1.29, 1.82) is 0 Å². The third kappa shape index (κ3) is 1.55. The molecular formula is C13H20N2O. The van der Waals surface area contributed by atoms with Crippen LogP contribution in [0.5, 0.6) is 5.88 Å². The molecule has 1 heterocycles. The Bertz CT molecular complexity index is 385. The van der Waals surface area contributed by atoms with Crippen LogP contribution in [0.15, 0.2) is 18.2 Å².